The zero-order valence-corrected chi connectivity index (χ0v) is 15.0. The van der Waals surface area contributed by atoms with Gasteiger partial charge in [-0.2, -0.15) is 13.2 Å². The van der Waals surface area contributed by atoms with Crippen molar-refractivity contribution >= 4 is 29.3 Å². The molecule has 2 N–H and O–H groups in total. The number of benzene rings is 1. The predicted molar refractivity (Wildman–Crippen MR) is 91.6 cm³/mol. The van der Waals surface area contributed by atoms with E-state index in [4.69, 9.17) is 11.6 Å². The third-order valence-corrected chi connectivity index (χ3v) is 4.99. The molecular formula is C16H18ClF3N2O2S. The summed E-state index contributed by atoms with van der Waals surface area (Å²) in [6, 6.07) is 7.03. The lowest BCUT2D eigenvalue weighted by atomic mass is 10.1. The molecule has 1 amide bonds. The number of hydrogen-bond donors (Lipinski definition) is 2. The number of rotatable bonds is 5. The highest BCUT2D eigenvalue weighted by Gasteiger charge is 2.63. The zero-order valence-electron chi connectivity index (χ0n) is 13.4. The molecule has 1 aliphatic heterocycles. The van der Waals surface area contributed by atoms with Gasteiger partial charge in [-0.25, -0.2) is 5.01 Å². The van der Waals surface area contributed by atoms with Crippen molar-refractivity contribution in [2.75, 3.05) is 5.75 Å². The minimum atomic E-state index is -4.97. The molecule has 0 radical (unpaired) electrons. The minimum absolute atomic E-state index is 0.173. The van der Waals surface area contributed by atoms with Crippen molar-refractivity contribution in [3.63, 3.8) is 0 Å². The predicted octanol–water partition coefficient (Wildman–Crippen LogP) is 3.85. The van der Waals surface area contributed by atoms with Gasteiger partial charge in [-0.1, -0.05) is 42.8 Å². The van der Waals surface area contributed by atoms with Gasteiger partial charge in [0, 0.05) is 22.9 Å². The Balaban J connectivity index is 2.05. The monoisotopic (exact) mass is 394 g/mol. The fraction of sp³-hybridized carbons (Fsp3) is 0.438. The molecule has 1 fully saturated rings. The molecule has 0 spiro atoms. The Hall–Kier alpha value is -1.38. The van der Waals surface area contributed by atoms with E-state index in [1.165, 1.54) is 6.08 Å². The first-order valence-electron chi connectivity index (χ1n) is 7.58. The van der Waals surface area contributed by atoms with Gasteiger partial charge in [0.1, 0.15) is 0 Å². The van der Waals surface area contributed by atoms with Crippen molar-refractivity contribution in [2.24, 2.45) is 0 Å². The number of nitrogens with one attached hydrogen (secondary N) is 1. The molecule has 1 aliphatic rings. The fourth-order valence-corrected chi connectivity index (χ4v) is 3.57. The Bertz CT molecular complexity index is 669. The summed E-state index contributed by atoms with van der Waals surface area (Å²) in [4.78, 5) is 12.3. The summed E-state index contributed by atoms with van der Waals surface area (Å²) in [5.41, 5.74) is 0.103. The average molecular weight is 395 g/mol. The van der Waals surface area contributed by atoms with Crippen LogP contribution in [0.5, 0.6) is 0 Å². The Morgan fingerprint density at radius 1 is 1.48 bits per heavy atom. The van der Waals surface area contributed by atoms with Gasteiger partial charge in [0.05, 0.1) is 5.75 Å². The van der Waals surface area contributed by atoms with Gasteiger partial charge in [0.25, 0.3) is 11.6 Å². The maximum absolute atomic E-state index is 13.3. The number of amides is 1. The van der Waals surface area contributed by atoms with Crippen LogP contribution in [0.15, 0.2) is 36.0 Å². The standard InChI is InChI=1S/C16H18ClF3N2O2S/c1-2-5-12-8-15(24,16(18,19)20)22(21-12)14(23)10-25-9-11-6-3-4-7-13(11)17/h3-7,21,24H,2,8-10H2,1H3. The van der Waals surface area contributed by atoms with Gasteiger partial charge in [-0.05, 0) is 18.1 Å². The third-order valence-electron chi connectivity index (χ3n) is 3.66. The highest BCUT2D eigenvalue weighted by atomic mass is 35.5. The Kier molecular flexibility index (Phi) is 6.29. The molecule has 1 heterocycles. The largest absolute Gasteiger partial charge is 0.438 e. The molecule has 138 valence electrons. The topological polar surface area (TPSA) is 52.6 Å². The second kappa shape index (κ2) is 7.88. The quantitative estimate of drug-likeness (QED) is 0.796. The molecule has 0 saturated carbocycles. The van der Waals surface area contributed by atoms with Crippen LogP contribution in [0.4, 0.5) is 13.2 Å². The third kappa shape index (κ3) is 4.43. The fourth-order valence-electron chi connectivity index (χ4n) is 2.41. The maximum Gasteiger partial charge on any atom is 0.438 e. The summed E-state index contributed by atoms with van der Waals surface area (Å²) in [5, 5.41) is 10.9. The number of hydrogen-bond acceptors (Lipinski definition) is 4. The van der Waals surface area contributed by atoms with Crippen molar-refractivity contribution < 1.29 is 23.1 Å². The average Bonchev–Trinajstić information content (AvgIpc) is 2.87. The molecule has 1 atom stereocenters. The van der Waals surface area contributed by atoms with Crippen molar-refractivity contribution in [1.82, 2.24) is 10.4 Å². The van der Waals surface area contributed by atoms with Gasteiger partial charge in [-0.3, -0.25) is 10.2 Å². The van der Waals surface area contributed by atoms with Gasteiger partial charge in [0.2, 0.25) is 0 Å². The van der Waals surface area contributed by atoms with E-state index in [1.54, 1.807) is 31.2 Å². The molecule has 9 heteroatoms. The van der Waals surface area contributed by atoms with Gasteiger partial charge < -0.3 is 5.11 Å². The number of allylic oxidation sites excluding steroid dienone is 1. The first-order valence-corrected chi connectivity index (χ1v) is 9.11. The van der Waals surface area contributed by atoms with Gasteiger partial charge in [-0.15, -0.1) is 11.8 Å². The molecule has 4 nitrogen and oxygen atoms in total. The van der Waals surface area contributed by atoms with E-state index in [2.05, 4.69) is 5.43 Å². The zero-order chi connectivity index (χ0) is 18.7. The lowest BCUT2D eigenvalue weighted by molar-refractivity contribution is -0.304. The van der Waals surface area contributed by atoms with E-state index in [9.17, 15) is 23.1 Å². The Morgan fingerprint density at radius 2 is 2.16 bits per heavy atom. The number of aliphatic hydroxyl groups is 1. The van der Waals surface area contributed by atoms with Crippen LogP contribution in [0.3, 0.4) is 0 Å². The van der Waals surface area contributed by atoms with E-state index in [0.29, 0.717) is 17.2 Å². The van der Waals surface area contributed by atoms with Crippen LogP contribution in [-0.4, -0.2) is 33.7 Å². The summed E-state index contributed by atoms with van der Waals surface area (Å²) >= 11 is 7.14. The molecule has 1 aromatic carbocycles. The lowest BCUT2D eigenvalue weighted by Gasteiger charge is -2.33. The first-order chi connectivity index (χ1) is 11.7. The normalized spacial score (nSPS) is 22.3. The molecule has 0 aliphatic carbocycles. The molecule has 2 rings (SSSR count). The van der Waals surface area contributed by atoms with Crippen LogP contribution in [0, 0.1) is 0 Å². The molecular weight excluding hydrogens is 377 g/mol. The number of carbonyl (C=O) groups excluding carboxylic acids is 1. The second-order valence-corrected chi connectivity index (χ2v) is 6.95. The van der Waals surface area contributed by atoms with Crippen molar-refractivity contribution in [2.45, 2.75) is 37.4 Å². The summed E-state index contributed by atoms with van der Waals surface area (Å²) in [7, 11) is 0. The van der Waals surface area contributed by atoms with Crippen molar-refractivity contribution in [3.05, 3.63) is 46.6 Å². The van der Waals surface area contributed by atoms with Crippen LogP contribution >= 0.6 is 23.4 Å². The summed E-state index contributed by atoms with van der Waals surface area (Å²) in [6.07, 6.45) is -3.67. The van der Waals surface area contributed by atoms with Crippen LogP contribution < -0.4 is 5.43 Å². The molecule has 1 aromatic rings. The first kappa shape index (κ1) is 19.9. The number of alkyl halides is 3. The minimum Gasteiger partial charge on any atom is -0.362 e. The molecule has 0 aromatic heterocycles. The summed E-state index contributed by atoms with van der Waals surface area (Å²) in [5.74, 6) is -0.700. The Labute approximate surface area is 153 Å². The van der Waals surface area contributed by atoms with Crippen LogP contribution in [0.2, 0.25) is 5.02 Å². The number of hydrazine groups is 1. The summed E-state index contributed by atoms with van der Waals surface area (Å²) in [6.45, 7) is 1.76. The summed E-state index contributed by atoms with van der Waals surface area (Å²) < 4.78 is 39.8. The van der Waals surface area contributed by atoms with E-state index in [1.807, 2.05) is 0 Å². The van der Waals surface area contributed by atoms with E-state index < -0.39 is 24.2 Å². The molecule has 1 unspecified atom stereocenters. The maximum atomic E-state index is 13.3. The van der Waals surface area contributed by atoms with Crippen LogP contribution in [0.1, 0.15) is 25.3 Å². The van der Waals surface area contributed by atoms with E-state index in [0.717, 1.165) is 17.3 Å². The van der Waals surface area contributed by atoms with E-state index in [-0.39, 0.29) is 16.5 Å². The van der Waals surface area contributed by atoms with Crippen molar-refractivity contribution in [3.8, 4) is 0 Å². The lowest BCUT2D eigenvalue weighted by Crippen LogP contribution is -2.60. The number of nitrogens with zero attached hydrogens (tertiary/aromatic N) is 1. The molecule has 1 saturated heterocycles. The van der Waals surface area contributed by atoms with Gasteiger partial charge in [0.15, 0.2) is 0 Å². The van der Waals surface area contributed by atoms with Gasteiger partial charge >= 0.3 is 6.18 Å². The smallest absolute Gasteiger partial charge is 0.362 e. The number of thioether (sulfide) groups is 1. The molecule has 25 heavy (non-hydrogen) atoms. The SMILES string of the molecule is CCC=C1CC(O)(C(F)(F)F)N(C(=O)CSCc2ccccc2Cl)N1. The van der Waals surface area contributed by atoms with E-state index >= 15 is 0 Å². The highest BCUT2D eigenvalue weighted by Crippen LogP contribution is 2.41. The second-order valence-electron chi connectivity index (χ2n) is 5.55. The molecule has 0 bridgehead atoms. The Morgan fingerprint density at radius 3 is 2.76 bits per heavy atom. The van der Waals surface area contributed by atoms with Crippen LogP contribution in [-0.2, 0) is 10.5 Å². The van der Waals surface area contributed by atoms with Crippen molar-refractivity contribution in [1.29, 1.82) is 0 Å². The van der Waals surface area contributed by atoms with Crippen LogP contribution in [0.25, 0.3) is 0 Å². The highest BCUT2D eigenvalue weighted by molar-refractivity contribution is 7.99. The number of halogens is 4. The number of carbonyl (C=O) groups is 1.